The number of carbonyl (C=O) groups is 3. The number of halogens is 6. The lowest BCUT2D eigenvalue weighted by Gasteiger charge is -2.39. The molecule has 262 valence electrons. The van der Waals surface area contributed by atoms with Crippen LogP contribution in [0.25, 0.3) is 0 Å². The molecular weight excluding hydrogens is 664 g/mol. The first-order chi connectivity index (χ1) is 23.8. The largest absolute Gasteiger partial charge is 0.416 e. The molecule has 50 heavy (non-hydrogen) atoms. The van der Waals surface area contributed by atoms with E-state index in [1.807, 2.05) is 0 Å². The predicted molar refractivity (Wildman–Crippen MR) is 173 cm³/mol. The second-order valence-corrected chi connectivity index (χ2v) is 12.2. The number of carbonyl (C=O) groups excluding carboxylic acids is 3. The molecule has 1 fully saturated rings. The molecule has 14 heteroatoms. The summed E-state index contributed by atoms with van der Waals surface area (Å²) in [4.78, 5) is 48.0. The Morgan fingerprint density at radius 3 is 2.22 bits per heavy atom. The topological polar surface area (TPSA) is 76.2 Å². The van der Waals surface area contributed by atoms with Crippen LogP contribution in [0.5, 0.6) is 0 Å². The summed E-state index contributed by atoms with van der Waals surface area (Å²) in [7, 11) is 0. The zero-order valence-electron chi connectivity index (χ0n) is 26.7. The Morgan fingerprint density at radius 1 is 0.880 bits per heavy atom. The molecule has 0 saturated carbocycles. The highest BCUT2D eigenvalue weighted by Crippen LogP contribution is 2.42. The molecule has 3 heterocycles. The van der Waals surface area contributed by atoms with Crippen molar-refractivity contribution < 1.29 is 40.7 Å². The average Bonchev–Trinajstić information content (AvgIpc) is 3.44. The molecule has 3 aromatic rings. The average molecular weight is 698 g/mol. The van der Waals surface area contributed by atoms with Crippen LogP contribution in [-0.2, 0) is 28.4 Å². The molecule has 2 atom stereocenters. The molecule has 1 saturated heterocycles. The van der Waals surface area contributed by atoms with Gasteiger partial charge < -0.3 is 20.0 Å². The van der Waals surface area contributed by atoms with Crippen LogP contribution in [0.15, 0.2) is 103 Å². The summed E-state index contributed by atoms with van der Waals surface area (Å²) in [5.74, 6) is -1.11. The maximum atomic E-state index is 14.4. The van der Waals surface area contributed by atoms with E-state index < -0.39 is 53.4 Å². The minimum absolute atomic E-state index is 0.0335. The number of piperazine rings is 1. The minimum Gasteiger partial charge on any atom is -0.368 e. The number of urea groups is 1. The van der Waals surface area contributed by atoms with Gasteiger partial charge >= 0.3 is 18.4 Å². The highest BCUT2D eigenvalue weighted by molar-refractivity contribution is 6.04. The molecule has 0 aromatic heterocycles. The number of alkyl halides is 6. The smallest absolute Gasteiger partial charge is 0.368 e. The highest BCUT2D eigenvalue weighted by atomic mass is 19.4. The first-order valence-electron chi connectivity index (χ1n) is 15.9. The summed E-state index contributed by atoms with van der Waals surface area (Å²) in [6.07, 6.45) is -7.78. The number of nitrogens with one attached hydrogen (secondary N) is 1. The number of anilines is 1. The van der Waals surface area contributed by atoms with Gasteiger partial charge in [-0.2, -0.15) is 26.3 Å². The van der Waals surface area contributed by atoms with Crippen molar-refractivity contribution in [3.05, 3.63) is 125 Å². The van der Waals surface area contributed by atoms with Crippen molar-refractivity contribution >= 4 is 23.5 Å². The molecule has 2 unspecified atom stereocenters. The Kier molecular flexibility index (Phi) is 9.38. The maximum absolute atomic E-state index is 14.4. The van der Waals surface area contributed by atoms with Gasteiger partial charge in [-0.15, -0.1) is 6.58 Å². The van der Waals surface area contributed by atoms with E-state index >= 15 is 0 Å². The van der Waals surface area contributed by atoms with Gasteiger partial charge in [0.1, 0.15) is 6.04 Å². The van der Waals surface area contributed by atoms with Crippen molar-refractivity contribution in [1.29, 1.82) is 0 Å². The third-order valence-electron chi connectivity index (χ3n) is 9.20. The molecule has 3 aliphatic rings. The molecule has 6 rings (SSSR count). The number of rotatable bonds is 8. The van der Waals surface area contributed by atoms with Crippen molar-refractivity contribution in [2.75, 3.05) is 44.2 Å². The fraction of sp³-hybridized carbons (Fsp3) is 0.306. The predicted octanol–water partition coefficient (Wildman–Crippen LogP) is 6.03. The van der Waals surface area contributed by atoms with Crippen molar-refractivity contribution in [1.82, 2.24) is 20.0 Å². The van der Waals surface area contributed by atoms with E-state index in [9.17, 15) is 40.7 Å². The van der Waals surface area contributed by atoms with Crippen molar-refractivity contribution in [2.45, 2.75) is 30.9 Å². The highest BCUT2D eigenvalue weighted by Gasteiger charge is 2.49. The van der Waals surface area contributed by atoms with Gasteiger partial charge in [-0.1, -0.05) is 60.7 Å². The van der Waals surface area contributed by atoms with Crippen LogP contribution in [0.2, 0.25) is 0 Å². The molecule has 3 aromatic carbocycles. The van der Waals surface area contributed by atoms with E-state index in [4.69, 9.17) is 0 Å². The summed E-state index contributed by atoms with van der Waals surface area (Å²) >= 11 is 0. The Bertz CT molecular complexity index is 1820. The third kappa shape index (κ3) is 6.78. The van der Waals surface area contributed by atoms with E-state index in [1.54, 1.807) is 46.2 Å². The second-order valence-electron chi connectivity index (χ2n) is 12.2. The molecule has 0 aliphatic carbocycles. The van der Waals surface area contributed by atoms with E-state index in [-0.39, 0.29) is 62.5 Å². The van der Waals surface area contributed by atoms with E-state index in [0.29, 0.717) is 5.69 Å². The standard InChI is InChI=1S/C36H33F6N5O3/c1-2-15-46-29-22-47(33(49)30(29)31(43-34(46)50)26-13-6-7-14-27(26)36(40,41)42)28(20-23-9-4-3-5-10-23)32(48)45-18-16-44(17-19-45)25-12-8-11-24(21-25)35(37,38)39/h2-14,21,28,31H,1,15-20,22H2,(H,43,50). The number of hydrogen-bond donors (Lipinski definition) is 1. The molecular formula is C36H33F6N5O3. The van der Waals surface area contributed by atoms with E-state index in [0.717, 1.165) is 23.8 Å². The quantitative estimate of drug-likeness (QED) is 0.231. The fourth-order valence-electron chi connectivity index (χ4n) is 6.77. The summed E-state index contributed by atoms with van der Waals surface area (Å²) in [5, 5.41) is 2.58. The van der Waals surface area contributed by atoms with Crippen molar-refractivity contribution in [2.24, 2.45) is 0 Å². The van der Waals surface area contributed by atoms with Gasteiger partial charge in [-0.05, 0) is 35.4 Å². The zero-order valence-corrected chi connectivity index (χ0v) is 26.7. The third-order valence-corrected chi connectivity index (χ3v) is 9.20. The Hall–Kier alpha value is -5.27. The SMILES string of the molecule is C=CCN1C(=O)NC(c2ccccc2C(F)(F)F)C2=C1CN(C(Cc1ccccc1)C(=O)N1CCN(c3cccc(C(F)(F)F)c3)CC1)C2=O. The van der Waals surface area contributed by atoms with Crippen LogP contribution in [0.4, 0.5) is 36.8 Å². The molecule has 1 N–H and O–H groups in total. The summed E-state index contributed by atoms with van der Waals surface area (Å²) in [6.45, 7) is 4.20. The molecule has 4 amide bonds. The Balaban J connectivity index is 1.31. The maximum Gasteiger partial charge on any atom is 0.416 e. The normalized spacial score (nSPS) is 19.0. The van der Waals surface area contributed by atoms with Crippen LogP contribution in [0.3, 0.4) is 0 Å². The van der Waals surface area contributed by atoms with Crippen LogP contribution >= 0.6 is 0 Å². The minimum atomic E-state index is -4.77. The van der Waals surface area contributed by atoms with Crippen molar-refractivity contribution in [3.63, 3.8) is 0 Å². The van der Waals surface area contributed by atoms with Gasteiger partial charge in [-0.3, -0.25) is 14.5 Å². The van der Waals surface area contributed by atoms with Gasteiger partial charge in [-0.25, -0.2) is 4.79 Å². The van der Waals surface area contributed by atoms with E-state index in [1.165, 1.54) is 40.1 Å². The van der Waals surface area contributed by atoms with Crippen LogP contribution in [0.1, 0.15) is 28.3 Å². The Labute approximate surface area is 284 Å². The van der Waals surface area contributed by atoms with Gasteiger partial charge in [0.25, 0.3) is 5.91 Å². The lowest BCUT2D eigenvalue weighted by molar-refractivity contribution is -0.143. The van der Waals surface area contributed by atoms with Gasteiger partial charge in [0.2, 0.25) is 5.91 Å². The lowest BCUT2D eigenvalue weighted by atomic mass is 9.91. The summed E-state index contributed by atoms with van der Waals surface area (Å²) in [6, 6.07) is 15.3. The molecule has 0 bridgehead atoms. The second kappa shape index (κ2) is 13.6. The van der Waals surface area contributed by atoms with Gasteiger partial charge in [0, 0.05) is 44.8 Å². The fourth-order valence-corrected chi connectivity index (χ4v) is 6.77. The molecule has 0 radical (unpaired) electrons. The first kappa shape index (κ1) is 34.6. The van der Waals surface area contributed by atoms with Crippen LogP contribution in [0, 0.1) is 0 Å². The molecule has 3 aliphatic heterocycles. The zero-order chi connectivity index (χ0) is 35.8. The lowest BCUT2D eigenvalue weighted by Crippen LogP contribution is -2.56. The van der Waals surface area contributed by atoms with Gasteiger partial charge in [0.15, 0.2) is 0 Å². The van der Waals surface area contributed by atoms with Gasteiger partial charge in [0.05, 0.1) is 35.0 Å². The van der Waals surface area contributed by atoms with Crippen LogP contribution in [-0.4, -0.2) is 77.9 Å². The number of hydrogen-bond acceptors (Lipinski definition) is 4. The molecule has 0 spiro atoms. The summed E-state index contributed by atoms with van der Waals surface area (Å²) < 4.78 is 82.5. The summed E-state index contributed by atoms with van der Waals surface area (Å²) in [5.41, 5.74) is -0.882. The number of nitrogens with zero attached hydrogens (tertiary/aromatic N) is 4. The number of amides is 4. The monoisotopic (exact) mass is 697 g/mol. The Morgan fingerprint density at radius 2 is 1.56 bits per heavy atom. The van der Waals surface area contributed by atoms with Crippen LogP contribution < -0.4 is 10.2 Å². The molecule has 8 nitrogen and oxygen atoms in total. The number of benzene rings is 3. The van der Waals surface area contributed by atoms with Crippen molar-refractivity contribution in [3.8, 4) is 0 Å². The first-order valence-corrected chi connectivity index (χ1v) is 15.9. The van der Waals surface area contributed by atoms with E-state index in [2.05, 4.69) is 11.9 Å².